The molecule has 1 fully saturated rings. The number of anilines is 1. The SMILES string of the molecule is N[C-]=N/C=C(\N)C1CC1.[CH2-]CC([CH2-])Nc1ccc(-c2nc(C#N)ccc2F)cn1.[Na+]. The second-order valence-corrected chi connectivity index (χ2v) is 6.36. The van der Waals surface area contributed by atoms with Gasteiger partial charge in [0.05, 0.1) is 0 Å². The molecule has 30 heavy (non-hydrogen) atoms. The molecule has 0 aliphatic heterocycles. The van der Waals surface area contributed by atoms with Gasteiger partial charge in [-0.05, 0) is 43.0 Å². The first kappa shape index (κ1) is 25.6. The van der Waals surface area contributed by atoms with Gasteiger partial charge in [0.25, 0.3) is 0 Å². The van der Waals surface area contributed by atoms with E-state index in [0.29, 0.717) is 23.7 Å². The molecule has 1 unspecified atom stereocenters. The van der Waals surface area contributed by atoms with Crippen molar-refractivity contribution in [1.82, 2.24) is 9.97 Å². The van der Waals surface area contributed by atoms with Crippen LogP contribution in [-0.4, -0.2) is 22.3 Å². The average molecular weight is 415 g/mol. The van der Waals surface area contributed by atoms with Gasteiger partial charge in [0.15, 0.2) is 0 Å². The smallest absolute Gasteiger partial charge is 0.473 e. The van der Waals surface area contributed by atoms with E-state index in [1.165, 1.54) is 31.2 Å². The molecule has 3 rings (SSSR count). The summed E-state index contributed by atoms with van der Waals surface area (Å²) < 4.78 is 13.7. The Morgan fingerprint density at radius 3 is 2.70 bits per heavy atom. The Labute approximate surface area is 198 Å². The summed E-state index contributed by atoms with van der Waals surface area (Å²) in [6, 6.07) is 7.81. The van der Waals surface area contributed by atoms with Gasteiger partial charge in [-0.25, -0.2) is 14.4 Å². The summed E-state index contributed by atoms with van der Waals surface area (Å²) in [5.74, 6) is 0.718. The van der Waals surface area contributed by atoms with Crippen LogP contribution in [0.3, 0.4) is 0 Å². The molecule has 2 aromatic heterocycles. The number of hydrogen-bond donors (Lipinski definition) is 3. The van der Waals surface area contributed by atoms with Gasteiger partial charge >= 0.3 is 29.6 Å². The molecule has 9 heteroatoms. The van der Waals surface area contributed by atoms with Crippen LogP contribution in [0.1, 0.15) is 25.0 Å². The van der Waals surface area contributed by atoms with E-state index in [2.05, 4.69) is 40.5 Å². The zero-order chi connectivity index (χ0) is 21.2. The number of halogens is 1. The number of nitrogens with one attached hydrogen (secondary N) is 1. The number of allylic oxidation sites excluding steroid dienone is 1. The molecular weight excluding hydrogens is 392 g/mol. The summed E-state index contributed by atoms with van der Waals surface area (Å²) in [4.78, 5) is 11.7. The minimum Gasteiger partial charge on any atom is -0.473 e. The van der Waals surface area contributed by atoms with Crippen LogP contribution in [0.2, 0.25) is 0 Å². The van der Waals surface area contributed by atoms with Crippen molar-refractivity contribution in [2.75, 3.05) is 5.32 Å². The molecule has 1 aliphatic carbocycles. The molecule has 0 bridgehead atoms. The summed E-state index contributed by atoms with van der Waals surface area (Å²) in [5, 5.41) is 11.9. The molecule has 0 amide bonds. The maximum absolute atomic E-state index is 13.7. The largest absolute Gasteiger partial charge is 1.00 e. The summed E-state index contributed by atoms with van der Waals surface area (Å²) in [6.07, 6.45) is 8.24. The van der Waals surface area contributed by atoms with Gasteiger partial charge in [-0.1, -0.05) is 12.0 Å². The molecule has 7 nitrogen and oxygen atoms in total. The van der Waals surface area contributed by atoms with E-state index in [1.54, 1.807) is 18.3 Å². The van der Waals surface area contributed by atoms with E-state index in [9.17, 15) is 4.39 Å². The quantitative estimate of drug-likeness (QED) is 0.201. The number of nitrogens with zero attached hydrogens (tertiary/aromatic N) is 4. The van der Waals surface area contributed by atoms with E-state index in [4.69, 9.17) is 16.7 Å². The fraction of sp³-hybridized carbons (Fsp3) is 0.238. The van der Waals surface area contributed by atoms with Crippen molar-refractivity contribution in [3.05, 3.63) is 67.7 Å². The monoisotopic (exact) mass is 415 g/mol. The molecule has 2 aromatic rings. The first-order valence-corrected chi connectivity index (χ1v) is 9.01. The first-order valence-electron chi connectivity index (χ1n) is 9.01. The van der Waals surface area contributed by atoms with Crippen molar-refractivity contribution in [2.24, 2.45) is 22.4 Å². The zero-order valence-electron chi connectivity index (χ0n) is 17.0. The Hall–Kier alpha value is -2.47. The van der Waals surface area contributed by atoms with Crippen LogP contribution < -0.4 is 46.3 Å². The molecule has 1 aliphatic rings. The maximum Gasteiger partial charge on any atom is 1.00 e. The Balaban J connectivity index is 0.000000379. The predicted octanol–water partition coefficient (Wildman–Crippen LogP) is 0.0577. The van der Waals surface area contributed by atoms with Gasteiger partial charge in [0.2, 0.25) is 0 Å². The van der Waals surface area contributed by atoms with Crippen LogP contribution in [0.25, 0.3) is 11.3 Å². The molecule has 1 atom stereocenters. The zero-order valence-corrected chi connectivity index (χ0v) is 19.0. The van der Waals surface area contributed by atoms with Crippen molar-refractivity contribution in [1.29, 1.82) is 5.26 Å². The van der Waals surface area contributed by atoms with Gasteiger partial charge < -0.3 is 35.6 Å². The Bertz CT molecular complexity index is 903. The fourth-order valence-corrected chi connectivity index (χ4v) is 2.24. The van der Waals surface area contributed by atoms with Crippen LogP contribution >= 0.6 is 0 Å². The third-order valence-electron chi connectivity index (χ3n) is 4.03. The fourth-order valence-electron chi connectivity index (χ4n) is 2.24. The molecule has 0 aromatic carbocycles. The maximum atomic E-state index is 13.7. The second-order valence-electron chi connectivity index (χ2n) is 6.36. The molecule has 0 saturated heterocycles. The van der Waals surface area contributed by atoms with Crippen LogP contribution in [0.15, 0.2) is 47.4 Å². The standard InChI is InChI=1S/C15H13FN4.C6H10N3.Na/c1-3-10(2)19-14-7-4-11(9-18-14)15-13(16)6-5-12(8-17)20-15;7-4-9-3-6(8)5-1-2-5;/h4-7,9-10H,1-3H2,(H,18,19);3,5H,1-2,8H2,(H2,7,9);/q-2;-1;+1/b;6-3-;. The van der Waals surface area contributed by atoms with Crippen molar-refractivity contribution < 1.29 is 33.9 Å². The van der Waals surface area contributed by atoms with Crippen molar-refractivity contribution in [2.45, 2.75) is 25.3 Å². The van der Waals surface area contributed by atoms with Crippen LogP contribution in [0.5, 0.6) is 0 Å². The van der Waals surface area contributed by atoms with Gasteiger partial charge in [0.1, 0.15) is 29.1 Å². The number of rotatable bonds is 6. The summed E-state index contributed by atoms with van der Waals surface area (Å²) in [7, 11) is 0. The molecule has 152 valence electrons. The summed E-state index contributed by atoms with van der Waals surface area (Å²) in [5.41, 5.74) is 12.0. The van der Waals surface area contributed by atoms with Gasteiger partial charge in [-0.15, -0.1) is 12.2 Å². The third kappa shape index (κ3) is 8.11. The van der Waals surface area contributed by atoms with Crippen molar-refractivity contribution in [3.63, 3.8) is 0 Å². The molecule has 2 heterocycles. The van der Waals surface area contributed by atoms with Crippen LogP contribution in [0, 0.1) is 36.9 Å². The number of pyridine rings is 2. The average Bonchev–Trinajstić information content (AvgIpc) is 3.59. The Morgan fingerprint density at radius 2 is 2.17 bits per heavy atom. The van der Waals surface area contributed by atoms with Crippen molar-refractivity contribution in [3.8, 4) is 17.3 Å². The number of nitriles is 1. The molecule has 1 saturated carbocycles. The first-order chi connectivity index (χ1) is 14.0. The number of hydrogen-bond acceptors (Lipinski definition) is 6. The van der Waals surface area contributed by atoms with E-state index in [1.807, 2.05) is 6.07 Å². The molecule has 0 radical (unpaired) electrons. The topological polar surface area (TPSA) is 126 Å². The molecule has 5 N–H and O–H groups in total. The number of aromatic nitrogens is 2. The Kier molecular flexibility index (Phi) is 11.0. The van der Waals surface area contributed by atoms with Gasteiger partial charge in [0, 0.05) is 11.8 Å². The van der Waals surface area contributed by atoms with Gasteiger partial charge in [-0.3, -0.25) is 0 Å². The third-order valence-corrected chi connectivity index (χ3v) is 4.03. The van der Waals surface area contributed by atoms with Gasteiger partial charge in [-0.2, -0.15) is 11.7 Å². The summed E-state index contributed by atoms with van der Waals surface area (Å²) in [6.45, 7) is 7.58. The molecule has 0 spiro atoms. The normalized spacial score (nSPS) is 14.1. The number of aliphatic imine (C=N–C) groups is 1. The van der Waals surface area contributed by atoms with E-state index < -0.39 is 5.82 Å². The van der Waals surface area contributed by atoms with E-state index >= 15 is 0 Å². The molecular formula is C21H23FN7Na-2. The van der Waals surface area contributed by atoms with Crippen molar-refractivity contribution >= 4 is 12.2 Å². The predicted molar refractivity (Wildman–Crippen MR) is 111 cm³/mol. The van der Waals surface area contributed by atoms with Crippen LogP contribution in [0.4, 0.5) is 10.2 Å². The summed E-state index contributed by atoms with van der Waals surface area (Å²) >= 11 is 0. The minimum absolute atomic E-state index is 0. The number of nitrogens with two attached hydrogens (primary N) is 2. The Morgan fingerprint density at radius 1 is 1.43 bits per heavy atom. The van der Waals surface area contributed by atoms with E-state index in [-0.39, 0.29) is 47.0 Å². The van der Waals surface area contributed by atoms with E-state index in [0.717, 1.165) is 5.70 Å². The second kappa shape index (κ2) is 13.0. The van der Waals surface area contributed by atoms with Crippen LogP contribution in [-0.2, 0) is 0 Å². The minimum atomic E-state index is -0.487.